The molecule has 1 unspecified atom stereocenters. The first kappa shape index (κ1) is 12.9. The molecular formula is C13H19BrN2O. The van der Waals surface area contributed by atoms with E-state index < -0.39 is 0 Å². The van der Waals surface area contributed by atoms with Gasteiger partial charge in [0.2, 0.25) is 0 Å². The Kier molecular flexibility index (Phi) is 4.07. The number of rotatable bonds is 4. The van der Waals surface area contributed by atoms with Gasteiger partial charge >= 0.3 is 0 Å². The first-order valence-electron chi connectivity index (χ1n) is 5.98. The van der Waals surface area contributed by atoms with Gasteiger partial charge in [-0.15, -0.1) is 0 Å². The van der Waals surface area contributed by atoms with Crippen molar-refractivity contribution in [3.63, 3.8) is 0 Å². The smallest absolute Gasteiger partial charge is 0.0779 e. The molecule has 0 aromatic heterocycles. The van der Waals surface area contributed by atoms with E-state index in [1.54, 1.807) is 0 Å². The van der Waals surface area contributed by atoms with E-state index in [4.69, 9.17) is 10.5 Å². The first-order chi connectivity index (χ1) is 8.09. The summed E-state index contributed by atoms with van der Waals surface area (Å²) in [5, 5.41) is 3.42. The molecule has 1 fully saturated rings. The second-order valence-electron chi connectivity index (χ2n) is 4.85. The minimum atomic E-state index is 0.00409. The van der Waals surface area contributed by atoms with Crippen LogP contribution in [-0.2, 0) is 11.3 Å². The summed E-state index contributed by atoms with van der Waals surface area (Å²) in [6.45, 7) is 4.72. The maximum Gasteiger partial charge on any atom is 0.0779 e. The van der Waals surface area contributed by atoms with E-state index in [1.165, 1.54) is 6.42 Å². The molecule has 2 rings (SSSR count). The minimum Gasteiger partial charge on any atom is -0.398 e. The van der Waals surface area contributed by atoms with Crippen molar-refractivity contribution in [2.45, 2.75) is 31.9 Å². The number of hydrogen-bond donors (Lipinski definition) is 2. The summed E-state index contributed by atoms with van der Waals surface area (Å²) < 4.78 is 6.74. The van der Waals surface area contributed by atoms with Crippen molar-refractivity contribution in [1.82, 2.24) is 5.32 Å². The molecule has 0 aliphatic carbocycles. The van der Waals surface area contributed by atoms with E-state index in [0.717, 1.165) is 41.8 Å². The Hall–Kier alpha value is -0.580. The quantitative estimate of drug-likeness (QED) is 0.840. The monoisotopic (exact) mass is 298 g/mol. The highest BCUT2D eigenvalue weighted by Gasteiger charge is 2.28. The molecule has 0 spiro atoms. The van der Waals surface area contributed by atoms with Gasteiger partial charge in [-0.05, 0) is 37.5 Å². The Labute approximate surface area is 111 Å². The Morgan fingerprint density at radius 3 is 3.00 bits per heavy atom. The van der Waals surface area contributed by atoms with Crippen molar-refractivity contribution in [2.24, 2.45) is 0 Å². The SMILES string of the molecule is CC1(CNCc2ccc(Br)cc2N)CCCO1. The van der Waals surface area contributed by atoms with Crippen LogP contribution < -0.4 is 11.1 Å². The van der Waals surface area contributed by atoms with Crippen LogP contribution in [0.2, 0.25) is 0 Å². The molecule has 1 aromatic rings. The average Bonchev–Trinajstić information content (AvgIpc) is 2.69. The first-order valence-corrected chi connectivity index (χ1v) is 6.77. The normalized spacial score (nSPS) is 24.1. The lowest BCUT2D eigenvalue weighted by Crippen LogP contribution is -2.36. The largest absolute Gasteiger partial charge is 0.398 e. The molecule has 3 nitrogen and oxygen atoms in total. The number of benzene rings is 1. The van der Waals surface area contributed by atoms with E-state index in [0.29, 0.717) is 0 Å². The predicted octanol–water partition coefficient (Wildman–Crippen LogP) is 2.69. The van der Waals surface area contributed by atoms with Crippen LogP contribution in [0.3, 0.4) is 0 Å². The van der Waals surface area contributed by atoms with E-state index >= 15 is 0 Å². The standard InChI is InChI=1S/C13H19BrN2O/c1-13(5-2-6-17-13)9-16-8-10-3-4-11(14)7-12(10)15/h3-4,7,16H,2,5-6,8-9,15H2,1H3. The lowest BCUT2D eigenvalue weighted by Gasteiger charge is -2.23. The van der Waals surface area contributed by atoms with Crippen LogP contribution in [0.15, 0.2) is 22.7 Å². The second-order valence-corrected chi connectivity index (χ2v) is 5.76. The van der Waals surface area contributed by atoms with Gasteiger partial charge in [0, 0.05) is 29.9 Å². The van der Waals surface area contributed by atoms with Crippen LogP contribution in [0.5, 0.6) is 0 Å². The fourth-order valence-corrected chi connectivity index (χ4v) is 2.54. The van der Waals surface area contributed by atoms with Crippen molar-refractivity contribution in [3.05, 3.63) is 28.2 Å². The van der Waals surface area contributed by atoms with Crippen LogP contribution in [-0.4, -0.2) is 18.8 Å². The number of nitrogens with two attached hydrogens (primary N) is 1. The van der Waals surface area contributed by atoms with Gasteiger partial charge in [0.05, 0.1) is 5.60 Å². The van der Waals surface area contributed by atoms with Crippen molar-refractivity contribution < 1.29 is 4.74 Å². The third kappa shape index (κ3) is 3.44. The molecule has 3 N–H and O–H groups in total. The molecule has 1 aliphatic heterocycles. The van der Waals surface area contributed by atoms with Gasteiger partial charge in [-0.25, -0.2) is 0 Å². The number of ether oxygens (including phenoxy) is 1. The van der Waals surface area contributed by atoms with E-state index in [-0.39, 0.29) is 5.60 Å². The molecule has 0 amide bonds. The number of hydrogen-bond acceptors (Lipinski definition) is 3. The molecular weight excluding hydrogens is 280 g/mol. The minimum absolute atomic E-state index is 0.00409. The van der Waals surface area contributed by atoms with E-state index in [2.05, 4.69) is 28.2 Å². The average molecular weight is 299 g/mol. The van der Waals surface area contributed by atoms with E-state index in [9.17, 15) is 0 Å². The van der Waals surface area contributed by atoms with Crippen molar-refractivity contribution >= 4 is 21.6 Å². The van der Waals surface area contributed by atoms with Crippen LogP contribution in [0, 0.1) is 0 Å². The van der Waals surface area contributed by atoms with Gasteiger partial charge in [0.1, 0.15) is 0 Å². The molecule has 0 bridgehead atoms. The molecule has 0 saturated carbocycles. The summed E-state index contributed by atoms with van der Waals surface area (Å²) in [4.78, 5) is 0. The zero-order valence-electron chi connectivity index (χ0n) is 10.1. The highest BCUT2D eigenvalue weighted by molar-refractivity contribution is 9.10. The van der Waals surface area contributed by atoms with Crippen molar-refractivity contribution in [2.75, 3.05) is 18.9 Å². The van der Waals surface area contributed by atoms with Crippen LogP contribution in [0.25, 0.3) is 0 Å². The molecule has 17 heavy (non-hydrogen) atoms. The Bertz CT molecular complexity index is 389. The lowest BCUT2D eigenvalue weighted by molar-refractivity contribution is 0.0207. The molecule has 94 valence electrons. The Morgan fingerprint density at radius 1 is 1.53 bits per heavy atom. The predicted molar refractivity (Wildman–Crippen MR) is 73.9 cm³/mol. The Balaban J connectivity index is 1.85. The number of halogens is 1. The van der Waals surface area contributed by atoms with Gasteiger partial charge < -0.3 is 15.8 Å². The van der Waals surface area contributed by atoms with Gasteiger partial charge in [0.25, 0.3) is 0 Å². The maximum absolute atomic E-state index is 5.95. The van der Waals surface area contributed by atoms with Gasteiger partial charge in [-0.3, -0.25) is 0 Å². The molecule has 1 atom stereocenters. The zero-order valence-corrected chi connectivity index (χ0v) is 11.7. The molecule has 1 saturated heterocycles. The Morgan fingerprint density at radius 2 is 2.35 bits per heavy atom. The van der Waals surface area contributed by atoms with Crippen LogP contribution >= 0.6 is 15.9 Å². The second kappa shape index (κ2) is 5.38. The highest BCUT2D eigenvalue weighted by Crippen LogP contribution is 2.24. The van der Waals surface area contributed by atoms with E-state index in [1.807, 2.05) is 18.2 Å². The number of nitrogen functional groups attached to an aromatic ring is 1. The van der Waals surface area contributed by atoms with Gasteiger partial charge in [-0.2, -0.15) is 0 Å². The fourth-order valence-electron chi connectivity index (χ4n) is 2.16. The van der Waals surface area contributed by atoms with Gasteiger partial charge in [-0.1, -0.05) is 22.0 Å². The third-order valence-electron chi connectivity index (χ3n) is 3.22. The molecule has 4 heteroatoms. The summed E-state index contributed by atoms with van der Waals surface area (Å²) in [5.74, 6) is 0. The van der Waals surface area contributed by atoms with Crippen LogP contribution in [0.4, 0.5) is 5.69 Å². The fraction of sp³-hybridized carbons (Fsp3) is 0.538. The highest BCUT2D eigenvalue weighted by atomic mass is 79.9. The zero-order chi connectivity index (χ0) is 12.3. The molecule has 1 heterocycles. The number of anilines is 1. The summed E-state index contributed by atoms with van der Waals surface area (Å²) in [7, 11) is 0. The van der Waals surface area contributed by atoms with Crippen molar-refractivity contribution in [1.29, 1.82) is 0 Å². The summed E-state index contributed by atoms with van der Waals surface area (Å²) in [6.07, 6.45) is 2.30. The summed E-state index contributed by atoms with van der Waals surface area (Å²) in [6, 6.07) is 6.00. The molecule has 1 aromatic carbocycles. The summed E-state index contributed by atoms with van der Waals surface area (Å²) in [5.41, 5.74) is 7.91. The molecule has 0 radical (unpaired) electrons. The van der Waals surface area contributed by atoms with Gasteiger partial charge in [0.15, 0.2) is 0 Å². The summed E-state index contributed by atoms with van der Waals surface area (Å²) >= 11 is 3.41. The lowest BCUT2D eigenvalue weighted by atomic mass is 10.0. The molecule has 1 aliphatic rings. The topological polar surface area (TPSA) is 47.3 Å². The number of nitrogens with one attached hydrogen (secondary N) is 1. The van der Waals surface area contributed by atoms with Crippen molar-refractivity contribution in [3.8, 4) is 0 Å². The maximum atomic E-state index is 5.95. The third-order valence-corrected chi connectivity index (χ3v) is 3.72. The van der Waals surface area contributed by atoms with Crippen LogP contribution in [0.1, 0.15) is 25.3 Å².